The van der Waals surface area contributed by atoms with Gasteiger partial charge in [-0.3, -0.25) is 9.78 Å². The molecule has 0 aliphatic carbocycles. The zero-order valence-electron chi connectivity index (χ0n) is 15.9. The number of benzene rings is 1. The third-order valence-electron chi connectivity index (χ3n) is 5.32. The molecule has 26 heavy (non-hydrogen) atoms. The number of carbonyl (C=O) groups excluding carboxylic acids is 1. The molecule has 1 aromatic carbocycles. The van der Waals surface area contributed by atoms with Crippen molar-refractivity contribution in [3.05, 3.63) is 63.4 Å². The van der Waals surface area contributed by atoms with Crippen LogP contribution in [-0.2, 0) is 12.8 Å². The minimum Gasteiger partial charge on any atom is -0.335 e. The summed E-state index contributed by atoms with van der Waals surface area (Å²) >= 11 is 5.98. The summed E-state index contributed by atoms with van der Waals surface area (Å²) in [5.41, 5.74) is 5.05. The molecule has 3 rings (SSSR count). The van der Waals surface area contributed by atoms with E-state index in [9.17, 15) is 4.79 Å². The summed E-state index contributed by atoms with van der Waals surface area (Å²) in [7, 11) is 0. The van der Waals surface area contributed by atoms with E-state index in [4.69, 9.17) is 16.6 Å². The highest BCUT2D eigenvalue weighted by Crippen LogP contribution is 2.25. The zero-order chi connectivity index (χ0) is 18.7. The quantitative estimate of drug-likeness (QED) is 0.699. The second-order valence-corrected chi connectivity index (χ2v) is 7.57. The van der Waals surface area contributed by atoms with Crippen molar-refractivity contribution in [2.24, 2.45) is 0 Å². The number of aromatic nitrogens is 1. The van der Waals surface area contributed by atoms with Crippen molar-refractivity contribution in [1.82, 2.24) is 9.88 Å². The van der Waals surface area contributed by atoms with Crippen molar-refractivity contribution in [1.29, 1.82) is 0 Å². The number of pyridine rings is 1. The highest BCUT2D eigenvalue weighted by atomic mass is 35.5. The Hall–Kier alpha value is -1.87. The fourth-order valence-electron chi connectivity index (χ4n) is 3.82. The maximum absolute atomic E-state index is 13.1. The molecular formula is C22H27ClN2O. The molecule has 0 N–H and O–H groups in total. The molecule has 0 saturated carbocycles. The number of hydrogen-bond acceptors (Lipinski definition) is 2. The Morgan fingerprint density at radius 3 is 2.62 bits per heavy atom. The highest BCUT2D eigenvalue weighted by Gasteiger charge is 2.30. The van der Waals surface area contributed by atoms with Crippen molar-refractivity contribution >= 4 is 17.5 Å². The van der Waals surface area contributed by atoms with Gasteiger partial charge in [-0.05, 0) is 55.5 Å². The van der Waals surface area contributed by atoms with Crippen LogP contribution in [0.15, 0.2) is 30.3 Å². The Bertz CT molecular complexity index is 785. The first-order valence-corrected chi connectivity index (χ1v) is 9.96. The zero-order valence-corrected chi connectivity index (χ0v) is 16.6. The lowest BCUT2D eigenvalue weighted by Gasteiger charge is -2.35. The van der Waals surface area contributed by atoms with Crippen LogP contribution in [0.3, 0.4) is 0 Å². The molecule has 1 unspecified atom stereocenters. The van der Waals surface area contributed by atoms with Crippen LogP contribution < -0.4 is 0 Å². The van der Waals surface area contributed by atoms with Crippen molar-refractivity contribution < 1.29 is 4.79 Å². The lowest BCUT2D eigenvalue weighted by molar-refractivity contribution is 0.0641. The van der Waals surface area contributed by atoms with E-state index in [1.807, 2.05) is 31.2 Å². The molecule has 0 fully saturated rings. The summed E-state index contributed by atoms with van der Waals surface area (Å²) < 4.78 is 0. The molecule has 0 bridgehead atoms. The fraction of sp³-hybridized carbons (Fsp3) is 0.455. The Morgan fingerprint density at radius 2 is 1.96 bits per heavy atom. The average Bonchev–Trinajstić information content (AvgIpc) is 2.63. The average molecular weight is 371 g/mol. The molecule has 2 aromatic rings. The minimum absolute atomic E-state index is 0.149. The number of nitrogens with zero attached hydrogens (tertiary/aromatic N) is 2. The van der Waals surface area contributed by atoms with Gasteiger partial charge in [-0.1, -0.05) is 44.0 Å². The smallest absolute Gasteiger partial charge is 0.255 e. The predicted octanol–water partition coefficient (Wildman–Crippen LogP) is 5.21. The largest absolute Gasteiger partial charge is 0.335 e. The number of rotatable bonds is 6. The first-order valence-electron chi connectivity index (χ1n) is 9.58. The number of carbonyl (C=O) groups is 1. The van der Waals surface area contributed by atoms with Crippen molar-refractivity contribution in [3.8, 4) is 0 Å². The maximum Gasteiger partial charge on any atom is 0.255 e. The molecule has 3 nitrogen and oxygen atoms in total. The lowest BCUT2D eigenvalue weighted by Crippen LogP contribution is -2.45. The topological polar surface area (TPSA) is 33.2 Å². The van der Waals surface area contributed by atoms with Gasteiger partial charge in [0.15, 0.2) is 0 Å². The number of aryl methyl sites for hydroxylation is 1. The highest BCUT2D eigenvalue weighted by molar-refractivity contribution is 6.30. The molecule has 1 aliphatic rings. The SMILES string of the molecule is CCCC(CC)N1CCc2nc(C)c(Cc3ccc(Cl)cc3)cc2C1=O. The van der Waals surface area contributed by atoms with E-state index >= 15 is 0 Å². The molecule has 1 amide bonds. The second-order valence-electron chi connectivity index (χ2n) is 7.13. The first-order chi connectivity index (χ1) is 12.5. The third-order valence-corrected chi connectivity index (χ3v) is 5.57. The number of hydrogen-bond donors (Lipinski definition) is 0. The van der Waals surface area contributed by atoms with Gasteiger partial charge in [0.25, 0.3) is 5.91 Å². The van der Waals surface area contributed by atoms with E-state index in [-0.39, 0.29) is 5.91 Å². The van der Waals surface area contributed by atoms with Crippen molar-refractivity contribution in [2.45, 2.75) is 58.9 Å². The molecule has 0 radical (unpaired) electrons. The Labute approximate surface area is 161 Å². The monoisotopic (exact) mass is 370 g/mol. The second kappa shape index (κ2) is 8.22. The van der Waals surface area contributed by atoms with Crippen LogP contribution in [0.5, 0.6) is 0 Å². The molecule has 4 heteroatoms. The van der Waals surface area contributed by atoms with Crippen LogP contribution in [0, 0.1) is 6.92 Å². The summed E-state index contributed by atoms with van der Waals surface area (Å²) in [6.07, 6.45) is 4.79. The lowest BCUT2D eigenvalue weighted by atomic mass is 9.95. The molecule has 0 saturated heterocycles. The normalized spacial score (nSPS) is 15.1. The van der Waals surface area contributed by atoms with Gasteiger partial charge in [0, 0.05) is 29.7 Å². The predicted molar refractivity (Wildman–Crippen MR) is 107 cm³/mol. The molecule has 1 aromatic heterocycles. The minimum atomic E-state index is 0.149. The summed E-state index contributed by atoms with van der Waals surface area (Å²) in [6, 6.07) is 10.3. The van der Waals surface area contributed by atoms with Crippen molar-refractivity contribution in [2.75, 3.05) is 6.54 Å². The third kappa shape index (κ3) is 3.93. The number of fused-ring (bicyclic) bond motifs is 1. The van der Waals surface area contributed by atoms with Crippen molar-refractivity contribution in [3.63, 3.8) is 0 Å². The molecule has 2 heterocycles. The van der Waals surface area contributed by atoms with Crippen LogP contribution in [0.1, 0.15) is 66.0 Å². The number of halogens is 1. The van der Waals surface area contributed by atoms with Gasteiger partial charge in [0.05, 0.1) is 11.3 Å². The van der Waals surface area contributed by atoms with Gasteiger partial charge in [-0.2, -0.15) is 0 Å². The van der Waals surface area contributed by atoms with Crippen LogP contribution in [0.4, 0.5) is 0 Å². The van der Waals surface area contributed by atoms with Crippen LogP contribution >= 0.6 is 11.6 Å². The van der Waals surface area contributed by atoms with Crippen LogP contribution in [0.2, 0.25) is 5.02 Å². The Morgan fingerprint density at radius 1 is 1.23 bits per heavy atom. The van der Waals surface area contributed by atoms with E-state index < -0.39 is 0 Å². The Kier molecular flexibility index (Phi) is 5.98. The van der Waals surface area contributed by atoms with E-state index in [2.05, 4.69) is 24.8 Å². The summed E-state index contributed by atoms with van der Waals surface area (Å²) in [5, 5.41) is 0.737. The van der Waals surface area contributed by atoms with E-state index in [1.165, 1.54) is 5.56 Å². The molecular weight excluding hydrogens is 344 g/mol. The van der Waals surface area contributed by atoms with Gasteiger partial charge in [-0.15, -0.1) is 0 Å². The molecule has 138 valence electrons. The molecule has 1 aliphatic heterocycles. The molecule has 0 spiro atoms. The standard InChI is InChI=1S/C22H27ClN2O/c1-4-6-19(5-2)25-12-11-21-20(22(25)26)14-17(15(3)24-21)13-16-7-9-18(23)10-8-16/h7-10,14,19H,4-6,11-13H2,1-3H3. The van der Waals surface area contributed by atoms with Gasteiger partial charge < -0.3 is 4.90 Å². The van der Waals surface area contributed by atoms with Crippen LogP contribution in [-0.4, -0.2) is 28.4 Å². The number of amides is 1. The van der Waals surface area contributed by atoms with E-state index in [0.29, 0.717) is 6.04 Å². The Balaban J connectivity index is 1.89. The van der Waals surface area contributed by atoms with E-state index in [0.717, 1.165) is 66.2 Å². The first kappa shape index (κ1) is 18.9. The van der Waals surface area contributed by atoms with Gasteiger partial charge in [-0.25, -0.2) is 0 Å². The summed E-state index contributed by atoms with van der Waals surface area (Å²) in [6.45, 7) is 7.17. The maximum atomic E-state index is 13.1. The van der Waals surface area contributed by atoms with Gasteiger partial charge in [0.1, 0.15) is 0 Å². The fourth-order valence-corrected chi connectivity index (χ4v) is 3.94. The van der Waals surface area contributed by atoms with Crippen LogP contribution in [0.25, 0.3) is 0 Å². The van der Waals surface area contributed by atoms with E-state index in [1.54, 1.807) is 0 Å². The van der Waals surface area contributed by atoms with Gasteiger partial charge in [0.2, 0.25) is 0 Å². The summed E-state index contributed by atoms with van der Waals surface area (Å²) in [4.78, 5) is 20.0. The molecule has 1 atom stereocenters. The van der Waals surface area contributed by atoms with Gasteiger partial charge >= 0.3 is 0 Å². The summed E-state index contributed by atoms with van der Waals surface area (Å²) in [5.74, 6) is 0.149.